The molecule has 0 saturated heterocycles. The van der Waals surface area contributed by atoms with Crippen LogP contribution in [-0.4, -0.2) is 16.1 Å². The fourth-order valence-corrected chi connectivity index (χ4v) is 3.84. The molecule has 0 saturated carbocycles. The molecule has 1 heterocycles. The van der Waals surface area contributed by atoms with Gasteiger partial charge in [0, 0.05) is 0 Å². The first-order chi connectivity index (χ1) is 12.2. The van der Waals surface area contributed by atoms with Crippen LogP contribution in [0.2, 0.25) is 0 Å². The van der Waals surface area contributed by atoms with Gasteiger partial charge in [0.15, 0.2) is 0 Å². The smallest absolute Gasteiger partial charge is 0.307 e. The third-order valence-corrected chi connectivity index (χ3v) is 5.14. The van der Waals surface area contributed by atoms with Crippen molar-refractivity contribution < 1.29 is 9.90 Å². The van der Waals surface area contributed by atoms with E-state index in [9.17, 15) is 9.90 Å². The predicted molar refractivity (Wildman–Crippen MR) is 104 cm³/mol. The number of fused-ring (bicyclic) bond motifs is 2. The van der Waals surface area contributed by atoms with Crippen molar-refractivity contribution in [1.82, 2.24) is 4.98 Å². The fraction of sp³-hybridized carbons (Fsp3) is 0.0476. The van der Waals surface area contributed by atoms with Gasteiger partial charge in [0.25, 0.3) is 0 Å². The van der Waals surface area contributed by atoms with Gasteiger partial charge in [-0.1, -0.05) is 48.5 Å². The molecule has 4 aromatic rings. The summed E-state index contributed by atoms with van der Waals surface area (Å²) in [6, 6.07) is 22.1. The Hall–Kier alpha value is -2.98. The van der Waals surface area contributed by atoms with Gasteiger partial charge in [-0.15, -0.1) is 11.3 Å². The maximum atomic E-state index is 11.3. The van der Waals surface area contributed by atoms with E-state index in [0.717, 1.165) is 31.7 Å². The number of rotatable bonds is 4. The molecule has 0 aliphatic heterocycles. The van der Waals surface area contributed by atoms with E-state index in [0.29, 0.717) is 0 Å². The summed E-state index contributed by atoms with van der Waals surface area (Å²) in [6.07, 6.45) is 1.88. The van der Waals surface area contributed by atoms with Crippen molar-refractivity contribution in [2.24, 2.45) is 0 Å². The zero-order chi connectivity index (χ0) is 17.2. The van der Waals surface area contributed by atoms with Crippen LogP contribution >= 0.6 is 11.3 Å². The zero-order valence-electron chi connectivity index (χ0n) is 13.3. The van der Waals surface area contributed by atoms with Crippen molar-refractivity contribution in [1.29, 1.82) is 0 Å². The molecule has 0 amide bonds. The summed E-state index contributed by atoms with van der Waals surface area (Å²) in [5, 5.41) is 12.4. The molecule has 3 aromatic carbocycles. The number of benzene rings is 3. The molecule has 1 N–H and O–H groups in total. The first kappa shape index (κ1) is 15.5. The van der Waals surface area contributed by atoms with Crippen molar-refractivity contribution in [3.63, 3.8) is 0 Å². The molecule has 0 fully saturated rings. The van der Waals surface area contributed by atoms with Crippen LogP contribution < -0.4 is 0 Å². The second-order valence-corrected chi connectivity index (χ2v) is 6.86. The summed E-state index contributed by atoms with van der Waals surface area (Å²) in [5.74, 6) is -0.855. The van der Waals surface area contributed by atoms with Crippen molar-refractivity contribution in [3.8, 4) is 0 Å². The molecule has 0 unspecified atom stereocenters. The maximum Gasteiger partial charge on any atom is 0.307 e. The Labute approximate surface area is 148 Å². The number of aliphatic carboxylic acids is 1. The van der Waals surface area contributed by atoms with Gasteiger partial charge in [0.1, 0.15) is 5.01 Å². The van der Waals surface area contributed by atoms with Gasteiger partial charge in [-0.2, -0.15) is 0 Å². The number of hydrogen-bond donors (Lipinski definition) is 1. The van der Waals surface area contributed by atoms with E-state index in [4.69, 9.17) is 0 Å². The van der Waals surface area contributed by atoms with Crippen molar-refractivity contribution >= 4 is 49.9 Å². The SMILES string of the molecule is O=C(O)C/C(=C/c1ccc2ccccc2c1)c1nc2ccccc2s1. The lowest BCUT2D eigenvalue weighted by Gasteiger charge is -2.03. The number of carbonyl (C=O) groups is 1. The third kappa shape index (κ3) is 3.30. The summed E-state index contributed by atoms with van der Waals surface area (Å²) >= 11 is 1.53. The van der Waals surface area contributed by atoms with Crippen molar-refractivity contribution in [2.75, 3.05) is 0 Å². The number of carboxylic acid groups (broad SMARTS) is 1. The van der Waals surface area contributed by atoms with E-state index in [-0.39, 0.29) is 6.42 Å². The van der Waals surface area contributed by atoms with Gasteiger partial charge < -0.3 is 5.11 Å². The molecular formula is C21H15NO2S. The quantitative estimate of drug-likeness (QED) is 0.534. The number of carboxylic acids is 1. The summed E-state index contributed by atoms with van der Waals surface area (Å²) in [7, 11) is 0. The van der Waals surface area contributed by atoms with Crippen LogP contribution in [0, 0.1) is 0 Å². The van der Waals surface area contributed by atoms with Crippen LogP contribution in [0.3, 0.4) is 0 Å². The Bertz CT molecular complexity index is 1080. The molecular weight excluding hydrogens is 330 g/mol. The van der Waals surface area contributed by atoms with E-state index >= 15 is 0 Å². The van der Waals surface area contributed by atoms with Crippen molar-refractivity contribution in [3.05, 3.63) is 77.3 Å². The lowest BCUT2D eigenvalue weighted by atomic mass is 10.0. The van der Waals surface area contributed by atoms with Crippen LogP contribution in [0.1, 0.15) is 17.0 Å². The van der Waals surface area contributed by atoms with Crippen LogP contribution in [0.4, 0.5) is 0 Å². The van der Waals surface area contributed by atoms with Crippen LogP contribution in [0.15, 0.2) is 66.7 Å². The Kier molecular flexibility index (Phi) is 4.04. The molecule has 122 valence electrons. The van der Waals surface area contributed by atoms with Crippen molar-refractivity contribution in [2.45, 2.75) is 6.42 Å². The minimum Gasteiger partial charge on any atom is -0.481 e. The summed E-state index contributed by atoms with van der Waals surface area (Å²) in [6.45, 7) is 0. The second kappa shape index (κ2) is 6.49. The summed E-state index contributed by atoms with van der Waals surface area (Å²) < 4.78 is 1.06. The van der Waals surface area contributed by atoms with Gasteiger partial charge in [-0.3, -0.25) is 4.79 Å². The largest absolute Gasteiger partial charge is 0.481 e. The van der Waals surface area contributed by atoms with Gasteiger partial charge in [0.2, 0.25) is 0 Å². The van der Waals surface area contributed by atoms with E-state index in [2.05, 4.69) is 29.2 Å². The first-order valence-electron chi connectivity index (χ1n) is 7.96. The topological polar surface area (TPSA) is 50.2 Å². The molecule has 0 aliphatic carbocycles. The molecule has 0 spiro atoms. The van der Waals surface area contributed by atoms with Crippen LogP contribution in [-0.2, 0) is 4.79 Å². The minimum absolute atomic E-state index is 0.0490. The molecule has 0 bridgehead atoms. The van der Waals surface area contributed by atoms with E-state index in [1.807, 2.05) is 48.5 Å². The molecule has 25 heavy (non-hydrogen) atoms. The van der Waals surface area contributed by atoms with Gasteiger partial charge in [0.05, 0.1) is 16.6 Å². The number of aromatic nitrogens is 1. The minimum atomic E-state index is -0.855. The van der Waals surface area contributed by atoms with Crippen LogP contribution in [0.25, 0.3) is 32.6 Å². The number of thiazole rings is 1. The normalized spacial score (nSPS) is 11.9. The monoisotopic (exact) mass is 345 g/mol. The molecule has 0 atom stereocenters. The van der Waals surface area contributed by atoms with E-state index < -0.39 is 5.97 Å². The first-order valence-corrected chi connectivity index (χ1v) is 8.78. The molecule has 4 heteroatoms. The average molecular weight is 345 g/mol. The number of hydrogen-bond acceptors (Lipinski definition) is 3. The molecule has 1 aromatic heterocycles. The Morgan fingerprint density at radius 3 is 2.56 bits per heavy atom. The lowest BCUT2D eigenvalue weighted by Crippen LogP contribution is -1.97. The van der Waals surface area contributed by atoms with Gasteiger partial charge in [-0.05, 0) is 46.2 Å². The highest BCUT2D eigenvalue weighted by Gasteiger charge is 2.12. The number of para-hydroxylation sites is 1. The molecule has 0 aliphatic rings. The highest BCUT2D eigenvalue weighted by Crippen LogP contribution is 2.30. The molecule has 0 radical (unpaired) electrons. The average Bonchev–Trinajstić information content (AvgIpc) is 3.05. The lowest BCUT2D eigenvalue weighted by molar-refractivity contribution is -0.135. The maximum absolute atomic E-state index is 11.3. The summed E-state index contributed by atoms with van der Waals surface area (Å²) in [5.41, 5.74) is 2.61. The standard InChI is InChI=1S/C21H15NO2S/c23-20(24)13-17(21-22-18-7-3-4-8-19(18)25-21)12-14-9-10-15-5-1-2-6-16(15)11-14/h1-12H,13H2,(H,23,24)/b17-12-. The molecule has 3 nitrogen and oxygen atoms in total. The highest BCUT2D eigenvalue weighted by atomic mass is 32.1. The zero-order valence-corrected chi connectivity index (χ0v) is 14.2. The van der Waals surface area contributed by atoms with Gasteiger partial charge >= 0.3 is 5.97 Å². The van der Waals surface area contributed by atoms with Gasteiger partial charge in [-0.25, -0.2) is 4.98 Å². The Morgan fingerprint density at radius 2 is 1.76 bits per heavy atom. The Morgan fingerprint density at radius 1 is 1.00 bits per heavy atom. The van der Waals surface area contributed by atoms with Crippen LogP contribution in [0.5, 0.6) is 0 Å². The van der Waals surface area contributed by atoms with E-state index in [1.54, 1.807) is 0 Å². The fourth-order valence-electron chi connectivity index (χ4n) is 2.86. The number of nitrogens with zero attached hydrogens (tertiary/aromatic N) is 1. The van der Waals surface area contributed by atoms with E-state index in [1.165, 1.54) is 16.7 Å². The molecule has 4 rings (SSSR count). The Balaban J connectivity index is 1.81. The third-order valence-electron chi connectivity index (χ3n) is 4.02. The highest BCUT2D eigenvalue weighted by molar-refractivity contribution is 7.19. The summed E-state index contributed by atoms with van der Waals surface area (Å²) in [4.78, 5) is 15.9. The second-order valence-electron chi connectivity index (χ2n) is 5.83. The predicted octanol–water partition coefficient (Wildman–Crippen LogP) is 5.46.